The highest BCUT2D eigenvalue weighted by Gasteiger charge is 2.30. The fourth-order valence-corrected chi connectivity index (χ4v) is 1.68. The number of hydrogen-bond donors (Lipinski definition) is 1. The molecular weight excluding hydrogens is 234 g/mol. The van der Waals surface area contributed by atoms with Crippen LogP contribution in [-0.4, -0.2) is 28.5 Å². The van der Waals surface area contributed by atoms with Gasteiger partial charge < -0.3 is 14.4 Å². The minimum absolute atomic E-state index is 0.0463. The third kappa shape index (κ3) is 3.79. The van der Waals surface area contributed by atoms with Gasteiger partial charge >= 0.3 is 0 Å². The lowest BCUT2D eigenvalue weighted by molar-refractivity contribution is 0.00718. The summed E-state index contributed by atoms with van der Waals surface area (Å²) in [5, 5.41) is 21.8. The molecule has 0 saturated heterocycles. The van der Waals surface area contributed by atoms with E-state index in [2.05, 4.69) is 10.1 Å². The van der Waals surface area contributed by atoms with Crippen molar-refractivity contribution in [2.45, 2.75) is 45.8 Å². The summed E-state index contributed by atoms with van der Waals surface area (Å²) in [6.07, 6.45) is -0.826. The number of rotatable bonds is 5. The fourth-order valence-electron chi connectivity index (χ4n) is 1.68. The predicted molar refractivity (Wildman–Crippen MR) is 63.4 cm³/mol. The Balaban J connectivity index is 2.77. The largest absolute Gasteiger partial charge is 0.392 e. The Hall–Kier alpha value is -1.45. The molecule has 1 rings (SSSR count). The Bertz CT molecular complexity index is 417. The molecule has 1 heterocycles. The summed E-state index contributed by atoms with van der Waals surface area (Å²) in [7, 11) is 1.59. The summed E-state index contributed by atoms with van der Waals surface area (Å²) in [6, 6.07) is 1.89. The van der Waals surface area contributed by atoms with Gasteiger partial charge in [-0.15, -0.1) is 0 Å². The average molecular weight is 253 g/mol. The molecule has 1 N–H and O–H groups in total. The summed E-state index contributed by atoms with van der Waals surface area (Å²) in [4.78, 5) is 4.20. The Morgan fingerprint density at radius 2 is 2.17 bits per heavy atom. The van der Waals surface area contributed by atoms with Crippen molar-refractivity contribution in [2.24, 2.45) is 5.41 Å². The van der Waals surface area contributed by atoms with Crippen LogP contribution < -0.4 is 0 Å². The highest BCUT2D eigenvalue weighted by molar-refractivity contribution is 4.97. The molecule has 0 spiro atoms. The monoisotopic (exact) mass is 253 g/mol. The van der Waals surface area contributed by atoms with Gasteiger partial charge in [-0.1, -0.05) is 25.9 Å². The molecule has 0 fully saturated rings. The molecule has 0 aliphatic heterocycles. The summed E-state index contributed by atoms with van der Waals surface area (Å²) in [6.45, 7) is 6.05. The minimum atomic E-state index is -0.779. The highest BCUT2D eigenvalue weighted by Crippen LogP contribution is 2.33. The first-order valence-corrected chi connectivity index (χ1v) is 5.78. The van der Waals surface area contributed by atoms with Gasteiger partial charge in [-0.3, -0.25) is 0 Å². The van der Waals surface area contributed by atoms with Crippen molar-refractivity contribution in [1.29, 1.82) is 5.26 Å². The summed E-state index contributed by atoms with van der Waals surface area (Å²) in [5.41, 5.74) is -0.152. The topological polar surface area (TPSA) is 92.2 Å². The number of aliphatic hydroxyl groups excluding tert-OH is 1. The van der Waals surface area contributed by atoms with E-state index in [4.69, 9.17) is 14.5 Å². The maximum absolute atomic E-state index is 9.49. The van der Waals surface area contributed by atoms with E-state index < -0.39 is 6.10 Å². The van der Waals surface area contributed by atoms with E-state index in [1.54, 1.807) is 7.11 Å². The van der Waals surface area contributed by atoms with Crippen LogP contribution in [0.25, 0.3) is 0 Å². The van der Waals surface area contributed by atoms with Gasteiger partial charge in [-0.2, -0.15) is 10.2 Å². The van der Waals surface area contributed by atoms with Crippen LogP contribution >= 0.6 is 0 Å². The molecule has 1 aromatic heterocycles. The second-order valence-electron chi connectivity index (χ2n) is 5.25. The molecule has 6 heteroatoms. The number of nitriles is 1. The van der Waals surface area contributed by atoms with Crippen LogP contribution in [0, 0.1) is 16.7 Å². The van der Waals surface area contributed by atoms with Crippen molar-refractivity contribution >= 4 is 0 Å². The van der Waals surface area contributed by atoms with Crippen molar-refractivity contribution in [3.05, 3.63) is 11.7 Å². The van der Waals surface area contributed by atoms with E-state index in [0.29, 0.717) is 11.7 Å². The lowest BCUT2D eigenvalue weighted by Gasteiger charge is -2.26. The van der Waals surface area contributed by atoms with E-state index in [0.717, 1.165) is 0 Å². The molecule has 6 nitrogen and oxygen atoms in total. The fraction of sp³-hybridized carbons (Fsp3) is 0.750. The van der Waals surface area contributed by atoms with Gasteiger partial charge in [0.2, 0.25) is 11.7 Å². The molecule has 0 saturated carbocycles. The third-order valence-electron chi connectivity index (χ3n) is 2.48. The lowest BCUT2D eigenvalue weighted by Crippen LogP contribution is -2.21. The van der Waals surface area contributed by atoms with E-state index in [1.165, 1.54) is 0 Å². The van der Waals surface area contributed by atoms with Crippen molar-refractivity contribution in [2.75, 3.05) is 7.11 Å². The smallest absolute Gasteiger partial charge is 0.229 e. The first kappa shape index (κ1) is 14.6. The van der Waals surface area contributed by atoms with Crippen LogP contribution in [0.4, 0.5) is 0 Å². The Morgan fingerprint density at radius 1 is 1.50 bits per heavy atom. The van der Waals surface area contributed by atoms with Gasteiger partial charge in [0.1, 0.15) is 6.10 Å². The number of ether oxygens (including phenoxy) is 1. The van der Waals surface area contributed by atoms with Crippen LogP contribution in [0.3, 0.4) is 0 Å². The molecule has 0 radical (unpaired) electrons. The molecule has 0 bridgehead atoms. The molecule has 0 aliphatic carbocycles. The average Bonchev–Trinajstić information content (AvgIpc) is 2.65. The molecule has 0 aliphatic rings. The Morgan fingerprint density at radius 3 is 2.67 bits per heavy atom. The van der Waals surface area contributed by atoms with E-state index in [1.807, 2.05) is 26.8 Å². The lowest BCUT2D eigenvalue weighted by atomic mass is 9.88. The van der Waals surface area contributed by atoms with E-state index in [9.17, 15) is 5.11 Å². The summed E-state index contributed by atoms with van der Waals surface area (Å²) >= 11 is 0. The van der Waals surface area contributed by atoms with Crippen molar-refractivity contribution in [3.63, 3.8) is 0 Å². The number of nitrogens with zero attached hydrogens (tertiary/aromatic N) is 3. The minimum Gasteiger partial charge on any atom is -0.392 e. The predicted octanol–water partition coefficient (Wildman–Crippen LogP) is 1.62. The Kier molecular flexibility index (Phi) is 4.82. The van der Waals surface area contributed by atoms with Crippen LogP contribution in [-0.2, 0) is 11.2 Å². The van der Waals surface area contributed by atoms with Crippen LogP contribution in [0.5, 0.6) is 0 Å². The summed E-state index contributed by atoms with van der Waals surface area (Å²) in [5.74, 6) is 0.781. The first-order chi connectivity index (χ1) is 8.38. The molecule has 18 heavy (non-hydrogen) atoms. The van der Waals surface area contributed by atoms with Crippen molar-refractivity contribution in [1.82, 2.24) is 10.1 Å². The van der Waals surface area contributed by atoms with Gasteiger partial charge in [0.25, 0.3) is 0 Å². The molecule has 100 valence electrons. The summed E-state index contributed by atoms with van der Waals surface area (Å²) < 4.78 is 10.4. The normalized spacial score (nSPS) is 15.1. The molecule has 2 atom stereocenters. The molecule has 1 aromatic rings. The van der Waals surface area contributed by atoms with Gasteiger partial charge in [0.15, 0.2) is 0 Å². The number of hydrogen-bond acceptors (Lipinski definition) is 6. The Labute approximate surface area is 107 Å². The molecule has 0 aromatic carbocycles. The first-order valence-electron chi connectivity index (χ1n) is 5.78. The second-order valence-corrected chi connectivity index (χ2v) is 5.25. The molecule has 2 unspecified atom stereocenters. The van der Waals surface area contributed by atoms with E-state index >= 15 is 0 Å². The maximum Gasteiger partial charge on any atom is 0.229 e. The zero-order valence-electron chi connectivity index (χ0n) is 11.2. The zero-order valence-corrected chi connectivity index (χ0v) is 11.2. The standard InChI is InChI=1S/C12H19N3O3/c1-12(2,3)10(17-4)11-14-9(18-15-11)7-8(16)5-6-13/h8,10,16H,5,7H2,1-4H3. The van der Waals surface area contributed by atoms with Crippen molar-refractivity contribution < 1.29 is 14.4 Å². The van der Waals surface area contributed by atoms with Gasteiger partial charge in [-0.25, -0.2) is 0 Å². The number of aromatic nitrogens is 2. The third-order valence-corrected chi connectivity index (χ3v) is 2.48. The zero-order chi connectivity index (χ0) is 13.8. The van der Waals surface area contributed by atoms with Crippen LogP contribution in [0.2, 0.25) is 0 Å². The quantitative estimate of drug-likeness (QED) is 0.857. The van der Waals surface area contributed by atoms with Crippen LogP contribution in [0.15, 0.2) is 4.52 Å². The van der Waals surface area contributed by atoms with E-state index in [-0.39, 0.29) is 24.4 Å². The van der Waals surface area contributed by atoms with Gasteiger partial charge in [0, 0.05) is 7.11 Å². The maximum atomic E-state index is 9.49. The molecule has 0 amide bonds. The van der Waals surface area contributed by atoms with Gasteiger partial charge in [0.05, 0.1) is 25.0 Å². The van der Waals surface area contributed by atoms with Gasteiger partial charge in [-0.05, 0) is 5.41 Å². The van der Waals surface area contributed by atoms with Crippen molar-refractivity contribution in [3.8, 4) is 6.07 Å². The SMILES string of the molecule is COC(c1noc(CC(O)CC#N)n1)C(C)(C)C. The number of methoxy groups -OCH3 is 1. The highest BCUT2D eigenvalue weighted by atomic mass is 16.5. The second kappa shape index (κ2) is 5.94. The molecular formula is C12H19N3O3. The van der Waals surface area contributed by atoms with Crippen LogP contribution in [0.1, 0.15) is 45.0 Å². The number of aliphatic hydroxyl groups is 1.